The molecule has 1 aromatic rings. The Morgan fingerprint density at radius 2 is 2.15 bits per heavy atom. The third-order valence-electron chi connectivity index (χ3n) is 3.98. The molecule has 1 aliphatic rings. The van der Waals surface area contributed by atoms with E-state index in [9.17, 15) is 0 Å². The van der Waals surface area contributed by atoms with Crippen molar-refractivity contribution in [2.45, 2.75) is 32.2 Å². The van der Waals surface area contributed by atoms with Crippen LogP contribution in [-0.4, -0.2) is 44.3 Å². The van der Waals surface area contributed by atoms with Crippen LogP contribution in [0, 0.1) is 6.92 Å². The number of nitrogens with zero attached hydrogens (tertiary/aromatic N) is 1. The smallest absolute Gasteiger partial charge is 0.161 e. The average molecular weight is 278 g/mol. The van der Waals surface area contributed by atoms with Crippen LogP contribution in [0.1, 0.15) is 24.8 Å². The number of methoxy groups -OCH3 is 1. The molecular formula is C16H26N2O2. The molecule has 4 nitrogen and oxygen atoms in total. The van der Waals surface area contributed by atoms with Crippen LogP contribution < -0.4 is 15.2 Å². The summed E-state index contributed by atoms with van der Waals surface area (Å²) >= 11 is 0. The van der Waals surface area contributed by atoms with Crippen molar-refractivity contribution in [2.24, 2.45) is 5.73 Å². The summed E-state index contributed by atoms with van der Waals surface area (Å²) < 4.78 is 11.2. The SMILES string of the molecule is COc1cc(C)ccc1OCCN1CCCC[C@H]1CN. The van der Waals surface area contributed by atoms with Crippen molar-refractivity contribution in [3.8, 4) is 11.5 Å². The number of nitrogens with two attached hydrogens (primary N) is 1. The Hall–Kier alpha value is -1.26. The Morgan fingerprint density at radius 3 is 2.90 bits per heavy atom. The number of piperidine rings is 1. The first-order chi connectivity index (χ1) is 9.74. The van der Waals surface area contributed by atoms with E-state index in [4.69, 9.17) is 15.2 Å². The molecule has 20 heavy (non-hydrogen) atoms. The molecule has 4 heteroatoms. The summed E-state index contributed by atoms with van der Waals surface area (Å²) in [7, 11) is 1.68. The molecule has 1 fully saturated rings. The summed E-state index contributed by atoms with van der Waals surface area (Å²) in [6.07, 6.45) is 3.78. The molecule has 1 heterocycles. The van der Waals surface area contributed by atoms with Crippen LogP contribution in [0.4, 0.5) is 0 Å². The lowest BCUT2D eigenvalue weighted by Crippen LogP contribution is -2.45. The zero-order valence-corrected chi connectivity index (χ0v) is 12.6. The van der Waals surface area contributed by atoms with E-state index in [1.54, 1.807) is 7.11 Å². The normalized spacial score (nSPS) is 19.9. The van der Waals surface area contributed by atoms with E-state index < -0.39 is 0 Å². The molecule has 1 aliphatic heterocycles. The first-order valence-electron chi connectivity index (χ1n) is 7.46. The number of hydrogen-bond donors (Lipinski definition) is 1. The van der Waals surface area contributed by atoms with Gasteiger partial charge >= 0.3 is 0 Å². The maximum absolute atomic E-state index is 5.87. The van der Waals surface area contributed by atoms with E-state index in [2.05, 4.69) is 4.90 Å². The van der Waals surface area contributed by atoms with E-state index in [1.807, 2.05) is 25.1 Å². The third kappa shape index (κ3) is 3.87. The Bertz CT molecular complexity index is 423. The van der Waals surface area contributed by atoms with Gasteiger partial charge in [0.2, 0.25) is 0 Å². The first-order valence-corrected chi connectivity index (χ1v) is 7.46. The minimum Gasteiger partial charge on any atom is -0.493 e. The number of benzene rings is 1. The Labute approximate surface area is 121 Å². The van der Waals surface area contributed by atoms with E-state index in [0.29, 0.717) is 12.6 Å². The topological polar surface area (TPSA) is 47.7 Å². The minimum atomic E-state index is 0.521. The summed E-state index contributed by atoms with van der Waals surface area (Å²) in [6.45, 7) is 5.53. The first kappa shape index (κ1) is 15.1. The average Bonchev–Trinajstić information content (AvgIpc) is 2.49. The quantitative estimate of drug-likeness (QED) is 0.866. The number of ether oxygens (including phenoxy) is 2. The zero-order chi connectivity index (χ0) is 14.4. The van der Waals surface area contributed by atoms with Gasteiger partial charge in [-0.2, -0.15) is 0 Å². The molecule has 0 bridgehead atoms. The number of likely N-dealkylation sites (tertiary alicyclic amines) is 1. The van der Waals surface area contributed by atoms with Gasteiger partial charge in [0.1, 0.15) is 6.61 Å². The molecule has 0 spiro atoms. The predicted octanol–water partition coefficient (Wildman–Crippen LogP) is 2.20. The molecule has 0 unspecified atom stereocenters. The molecule has 0 saturated carbocycles. The highest BCUT2D eigenvalue weighted by molar-refractivity contribution is 5.42. The van der Waals surface area contributed by atoms with E-state index >= 15 is 0 Å². The molecule has 2 N–H and O–H groups in total. The van der Waals surface area contributed by atoms with Crippen LogP contribution in [0.15, 0.2) is 18.2 Å². The van der Waals surface area contributed by atoms with Gasteiger partial charge in [-0.05, 0) is 44.0 Å². The maximum atomic E-state index is 5.87. The lowest BCUT2D eigenvalue weighted by Gasteiger charge is -2.34. The molecule has 0 aliphatic carbocycles. The lowest BCUT2D eigenvalue weighted by molar-refractivity contribution is 0.126. The fraction of sp³-hybridized carbons (Fsp3) is 0.625. The molecule has 0 aromatic heterocycles. The van der Waals surface area contributed by atoms with Gasteiger partial charge < -0.3 is 15.2 Å². The molecule has 1 saturated heterocycles. The second-order valence-electron chi connectivity index (χ2n) is 5.42. The van der Waals surface area contributed by atoms with E-state index in [1.165, 1.54) is 24.8 Å². The minimum absolute atomic E-state index is 0.521. The van der Waals surface area contributed by atoms with Crippen LogP contribution >= 0.6 is 0 Å². The van der Waals surface area contributed by atoms with Crippen molar-refractivity contribution in [3.63, 3.8) is 0 Å². The molecule has 1 atom stereocenters. The number of rotatable bonds is 6. The summed E-state index contributed by atoms with van der Waals surface area (Å²) in [5.41, 5.74) is 7.01. The molecular weight excluding hydrogens is 252 g/mol. The monoisotopic (exact) mass is 278 g/mol. The lowest BCUT2D eigenvalue weighted by atomic mass is 10.0. The Balaban J connectivity index is 1.86. The summed E-state index contributed by atoms with van der Waals surface area (Å²) in [4.78, 5) is 2.45. The summed E-state index contributed by atoms with van der Waals surface area (Å²) in [5.74, 6) is 1.62. The molecule has 2 rings (SSSR count). The molecule has 0 amide bonds. The molecule has 1 aromatic carbocycles. The highest BCUT2D eigenvalue weighted by atomic mass is 16.5. The van der Waals surface area contributed by atoms with Gasteiger partial charge in [0.05, 0.1) is 7.11 Å². The van der Waals surface area contributed by atoms with Crippen molar-refractivity contribution >= 4 is 0 Å². The van der Waals surface area contributed by atoms with Crippen LogP contribution in [0.25, 0.3) is 0 Å². The van der Waals surface area contributed by atoms with Gasteiger partial charge in [0.15, 0.2) is 11.5 Å². The van der Waals surface area contributed by atoms with Crippen LogP contribution in [-0.2, 0) is 0 Å². The molecule has 112 valence electrons. The number of hydrogen-bond acceptors (Lipinski definition) is 4. The fourth-order valence-corrected chi connectivity index (χ4v) is 2.79. The second kappa shape index (κ2) is 7.50. The van der Waals surface area contributed by atoms with Crippen LogP contribution in [0.3, 0.4) is 0 Å². The molecule has 0 radical (unpaired) electrons. The highest BCUT2D eigenvalue weighted by Gasteiger charge is 2.20. The Morgan fingerprint density at radius 1 is 1.30 bits per heavy atom. The largest absolute Gasteiger partial charge is 0.493 e. The van der Waals surface area contributed by atoms with Crippen molar-refractivity contribution in [2.75, 3.05) is 33.4 Å². The van der Waals surface area contributed by atoms with Gasteiger partial charge in [0, 0.05) is 19.1 Å². The predicted molar refractivity (Wildman–Crippen MR) is 81.5 cm³/mol. The van der Waals surface area contributed by atoms with Crippen molar-refractivity contribution in [1.82, 2.24) is 4.90 Å². The highest BCUT2D eigenvalue weighted by Crippen LogP contribution is 2.27. The van der Waals surface area contributed by atoms with E-state index in [0.717, 1.165) is 31.1 Å². The van der Waals surface area contributed by atoms with Crippen molar-refractivity contribution in [1.29, 1.82) is 0 Å². The van der Waals surface area contributed by atoms with Crippen LogP contribution in [0.5, 0.6) is 11.5 Å². The third-order valence-corrected chi connectivity index (χ3v) is 3.98. The number of aryl methyl sites for hydroxylation is 1. The van der Waals surface area contributed by atoms with Gasteiger partial charge in [0.25, 0.3) is 0 Å². The van der Waals surface area contributed by atoms with E-state index in [-0.39, 0.29) is 0 Å². The van der Waals surface area contributed by atoms with Gasteiger partial charge in [-0.25, -0.2) is 0 Å². The zero-order valence-electron chi connectivity index (χ0n) is 12.6. The van der Waals surface area contributed by atoms with Gasteiger partial charge in [-0.15, -0.1) is 0 Å². The van der Waals surface area contributed by atoms with Crippen molar-refractivity contribution in [3.05, 3.63) is 23.8 Å². The van der Waals surface area contributed by atoms with Gasteiger partial charge in [-0.1, -0.05) is 12.5 Å². The van der Waals surface area contributed by atoms with Crippen LogP contribution in [0.2, 0.25) is 0 Å². The standard InChI is InChI=1S/C16H26N2O2/c1-13-6-7-15(16(11-13)19-2)20-10-9-18-8-4-3-5-14(18)12-17/h6-7,11,14H,3-5,8-10,12,17H2,1-2H3/t14-/m0/s1. The van der Waals surface area contributed by atoms with Crippen molar-refractivity contribution < 1.29 is 9.47 Å². The summed E-state index contributed by atoms with van der Waals surface area (Å²) in [5, 5.41) is 0. The maximum Gasteiger partial charge on any atom is 0.161 e. The fourth-order valence-electron chi connectivity index (χ4n) is 2.79. The second-order valence-corrected chi connectivity index (χ2v) is 5.42. The van der Waals surface area contributed by atoms with Gasteiger partial charge in [-0.3, -0.25) is 4.90 Å². The Kier molecular flexibility index (Phi) is 5.68. The summed E-state index contributed by atoms with van der Waals surface area (Å²) in [6, 6.07) is 6.54.